The zero-order valence-corrected chi connectivity index (χ0v) is 28.2. The Morgan fingerprint density at radius 2 is 1.29 bits per heavy atom. The number of alkyl halides is 3. The van der Waals surface area contributed by atoms with Crippen LogP contribution in [-0.2, 0) is 4.74 Å². The summed E-state index contributed by atoms with van der Waals surface area (Å²) in [7, 11) is 0. The van der Waals surface area contributed by atoms with Gasteiger partial charge in [0.2, 0.25) is 0 Å². The summed E-state index contributed by atoms with van der Waals surface area (Å²) >= 11 is 0. The van der Waals surface area contributed by atoms with E-state index < -0.39 is 24.2 Å². The second kappa shape index (κ2) is 20.4. The molecule has 2 aromatic carbocycles. The van der Waals surface area contributed by atoms with Gasteiger partial charge in [-0.3, -0.25) is 0 Å². The molecule has 1 heterocycles. The number of rotatable bonds is 22. The fourth-order valence-electron chi connectivity index (χ4n) is 5.46. The summed E-state index contributed by atoms with van der Waals surface area (Å²) < 4.78 is 51.5. The van der Waals surface area contributed by atoms with Gasteiger partial charge in [-0.15, -0.1) is 0 Å². The van der Waals surface area contributed by atoms with Crippen LogP contribution in [0.15, 0.2) is 54.9 Å². The Morgan fingerprint density at radius 1 is 0.750 bits per heavy atom. The van der Waals surface area contributed by atoms with Gasteiger partial charge in [0.05, 0.1) is 30.1 Å². The van der Waals surface area contributed by atoms with E-state index in [2.05, 4.69) is 23.8 Å². The highest BCUT2D eigenvalue weighted by molar-refractivity contribution is 5.97. The van der Waals surface area contributed by atoms with E-state index in [-0.39, 0.29) is 17.5 Å². The maximum atomic E-state index is 13.6. The summed E-state index contributed by atoms with van der Waals surface area (Å²) in [6, 6.07) is 10.3. The van der Waals surface area contributed by atoms with Gasteiger partial charge in [-0.1, -0.05) is 109 Å². The zero-order chi connectivity index (χ0) is 34.8. The largest absolute Gasteiger partial charge is 0.490 e. The highest BCUT2D eigenvalue weighted by atomic mass is 19.4. The number of unbranched alkanes of at least 4 members (excludes halogenated alkanes) is 12. The first-order valence-electron chi connectivity index (χ1n) is 17.3. The third kappa shape index (κ3) is 12.9. The zero-order valence-electron chi connectivity index (χ0n) is 28.2. The lowest BCUT2D eigenvalue weighted by atomic mass is 9.96. The Kier molecular flexibility index (Phi) is 16.4. The van der Waals surface area contributed by atoms with Crippen molar-refractivity contribution in [1.82, 2.24) is 9.97 Å². The number of aromatic carboxylic acids is 1. The summed E-state index contributed by atoms with van der Waals surface area (Å²) in [6.07, 6.45) is 10.5. The van der Waals surface area contributed by atoms with Crippen LogP contribution in [0.5, 0.6) is 5.75 Å². The van der Waals surface area contributed by atoms with Crippen molar-refractivity contribution in [3.05, 3.63) is 66.0 Å². The second-order valence-corrected chi connectivity index (χ2v) is 12.2. The summed E-state index contributed by atoms with van der Waals surface area (Å²) in [5.74, 6) is -1.32. The number of carbonyl (C=O) groups excluding carboxylic acids is 1. The highest BCUT2D eigenvalue weighted by Gasteiger charge is 2.42. The molecule has 1 atom stereocenters. The number of carboxylic acid groups (broad SMARTS) is 1. The highest BCUT2D eigenvalue weighted by Crippen LogP contribution is 2.31. The minimum atomic E-state index is -4.67. The number of carbonyl (C=O) groups is 2. The van der Waals surface area contributed by atoms with Crippen molar-refractivity contribution < 1.29 is 37.3 Å². The number of aromatic nitrogens is 2. The minimum Gasteiger partial charge on any atom is -0.490 e. The van der Waals surface area contributed by atoms with E-state index >= 15 is 0 Å². The van der Waals surface area contributed by atoms with Crippen LogP contribution in [0.1, 0.15) is 131 Å². The van der Waals surface area contributed by atoms with Crippen LogP contribution in [0.4, 0.5) is 13.2 Å². The molecule has 0 aliphatic heterocycles. The number of esters is 1. The fourth-order valence-corrected chi connectivity index (χ4v) is 5.46. The van der Waals surface area contributed by atoms with Gasteiger partial charge in [0.25, 0.3) is 0 Å². The second-order valence-electron chi connectivity index (χ2n) is 12.2. The normalized spacial score (nSPS) is 12.1. The molecule has 1 N–H and O–H groups in total. The van der Waals surface area contributed by atoms with Crippen LogP contribution < -0.4 is 4.74 Å². The molecule has 10 heteroatoms. The van der Waals surface area contributed by atoms with E-state index in [1.807, 2.05) is 0 Å². The first-order valence-corrected chi connectivity index (χ1v) is 17.3. The number of ether oxygens (including phenoxy) is 2. The number of hydrogen-bond acceptors (Lipinski definition) is 6. The predicted octanol–water partition coefficient (Wildman–Crippen LogP) is 10.9. The first-order chi connectivity index (χ1) is 23.1. The molecule has 0 saturated carbocycles. The molecular formula is C38H49F3N2O5. The van der Waals surface area contributed by atoms with Gasteiger partial charge in [0.15, 0.2) is 17.7 Å². The molecule has 7 nitrogen and oxygen atoms in total. The van der Waals surface area contributed by atoms with Crippen LogP contribution in [0.3, 0.4) is 0 Å². The number of hydrogen-bond donors (Lipinski definition) is 1. The topological polar surface area (TPSA) is 98.6 Å². The van der Waals surface area contributed by atoms with Gasteiger partial charge < -0.3 is 14.6 Å². The Labute approximate surface area is 282 Å². The molecule has 3 aromatic rings. The van der Waals surface area contributed by atoms with Crippen LogP contribution in [-0.4, -0.2) is 45.9 Å². The molecule has 0 unspecified atom stereocenters. The number of benzene rings is 2. The molecule has 262 valence electrons. The van der Waals surface area contributed by atoms with E-state index in [1.54, 1.807) is 24.5 Å². The summed E-state index contributed by atoms with van der Waals surface area (Å²) in [5.41, 5.74) is 1.31. The van der Waals surface area contributed by atoms with Crippen LogP contribution in [0.25, 0.3) is 22.5 Å². The summed E-state index contributed by atoms with van der Waals surface area (Å²) in [5, 5.41) is 9.83. The van der Waals surface area contributed by atoms with Crippen LogP contribution in [0, 0.1) is 0 Å². The van der Waals surface area contributed by atoms with Crippen molar-refractivity contribution in [1.29, 1.82) is 0 Å². The maximum Gasteiger partial charge on any atom is 0.425 e. The molecule has 0 aliphatic rings. The molecule has 0 radical (unpaired) electrons. The third-order valence-corrected chi connectivity index (χ3v) is 8.27. The average Bonchev–Trinajstić information content (AvgIpc) is 3.08. The van der Waals surface area contributed by atoms with Gasteiger partial charge in [0, 0.05) is 5.56 Å². The summed E-state index contributed by atoms with van der Waals surface area (Å²) in [6.45, 7) is 4.86. The van der Waals surface area contributed by atoms with Crippen LogP contribution >= 0.6 is 0 Å². The molecule has 0 bridgehead atoms. The molecule has 1 aromatic heterocycles. The Hall–Kier alpha value is -3.95. The van der Waals surface area contributed by atoms with Gasteiger partial charge in [-0.2, -0.15) is 13.2 Å². The quantitative estimate of drug-likeness (QED) is 0.0839. The van der Waals surface area contributed by atoms with Crippen LogP contribution in [0.2, 0.25) is 0 Å². The lowest BCUT2D eigenvalue weighted by Gasteiger charge is -2.21. The van der Waals surface area contributed by atoms with E-state index in [1.165, 1.54) is 68.9 Å². The van der Waals surface area contributed by atoms with E-state index in [9.17, 15) is 27.9 Å². The number of nitrogens with zero attached hydrogens (tertiary/aromatic N) is 2. The van der Waals surface area contributed by atoms with Crippen molar-refractivity contribution in [2.24, 2.45) is 0 Å². The fraction of sp³-hybridized carbons (Fsp3) is 0.526. The molecule has 48 heavy (non-hydrogen) atoms. The average molecular weight is 671 g/mol. The van der Waals surface area contributed by atoms with E-state index in [4.69, 9.17) is 9.47 Å². The molecular weight excluding hydrogens is 621 g/mol. The molecule has 3 rings (SSSR count). The lowest BCUT2D eigenvalue weighted by molar-refractivity contribution is -0.206. The van der Waals surface area contributed by atoms with E-state index in [0.29, 0.717) is 47.7 Å². The van der Waals surface area contributed by atoms with Crippen molar-refractivity contribution in [3.63, 3.8) is 0 Å². The lowest BCUT2D eigenvalue weighted by Crippen LogP contribution is -2.33. The monoisotopic (exact) mass is 670 g/mol. The SMILES string of the molecule is CCCCCCCCCCOc1cnc(-c2ccc(C(=O)O)c(-c3ccc(C(=O)O[C@H](CCCCCCCC)C(F)(F)F)cc3)c2)nc1. The molecule has 0 fully saturated rings. The third-order valence-electron chi connectivity index (χ3n) is 8.27. The number of halogens is 3. The molecule has 0 spiro atoms. The predicted molar refractivity (Wildman–Crippen MR) is 181 cm³/mol. The molecule has 0 amide bonds. The Balaban J connectivity index is 1.63. The standard InChI is InChI=1S/C38H49F3N2O5/c1-3-5-7-9-11-12-14-16-24-47-31-26-42-35(43-27-31)30-22-23-32(36(44)45)33(25-30)28-18-20-29(21-19-28)37(46)48-34(38(39,40)41)17-15-13-10-8-6-4-2/h18-23,25-27,34H,3-17,24H2,1-2H3,(H,44,45)/t34-/m1/s1. The van der Waals surface area contributed by atoms with Gasteiger partial charge in [-0.05, 0) is 54.7 Å². The number of carboxylic acids is 1. The Morgan fingerprint density at radius 3 is 1.85 bits per heavy atom. The maximum absolute atomic E-state index is 13.6. The Bertz CT molecular complexity index is 1390. The van der Waals surface area contributed by atoms with Gasteiger partial charge >= 0.3 is 18.1 Å². The minimum absolute atomic E-state index is 0.00969. The van der Waals surface area contributed by atoms with Gasteiger partial charge in [0.1, 0.15) is 0 Å². The molecule has 0 saturated heterocycles. The first kappa shape index (κ1) is 38.5. The van der Waals surface area contributed by atoms with Gasteiger partial charge in [-0.25, -0.2) is 19.6 Å². The van der Waals surface area contributed by atoms with Crippen molar-refractivity contribution >= 4 is 11.9 Å². The van der Waals surface area contributed by atoms with Crippen molar-refractivity contribution in [3.8, 4) is 28.3 Å². The summed E-state index contributed by atoms with van der Waals surface area (Å²) in [4.78, 5) is 33.5. The van der Waals surface area contributed by atoms with Crippen molar-refractivity contribution in [2.75, 3.05) is 6.61 Å². The van der Waals surface area contributed by atoms with E-state index in [0.717, 1.165) is 38.5 Å². The van der Waals surface area contributed by atoms with Crippen molar-refractivity contribution in [2.45, 2.75) is 122 Å². The smallest absolute Gasteiger partial charge is 0.425 e. The molecule has 0 aliphatic carbocycles.